The molecular formula is C17H13F4N3OS. The predicted octanol–water partition coefficient (Wildman–Crippen LogP) is 3.65. The fraction of sp³-hybridized carbons (Fsp3) is 0.0588. The molecule has 3 rings (SSSR count). The highest BCUT2D eigenvalue weighted by molar-refractivity contribution is 7.98. The second-order valence-electron chi connectivity index (χ2n) is 5.55. The van der Waals surface area contributed by atoms with Crippen LogP contribution in [0.2, 0.25) is 0 Å². The Hall–Kier alpha value is -2.65. The summed E-state index contributed by atoms with van der Waals surface area (Å²) in [6, 6.07) is 11.6. The maximum Gasteiger partial charge on any atom is 0.435 e. The van der Waals surface area contributed by atoms with Crippen LogP contribution in [0.4, 0.5) is 17.6 Å². The molecule has 9 heteroatoms. The Morgan fingerprint density at radius 3 is 2.12 bits per heavy atom. The Morgan fingerprint density at radius 1 is 1.04 bits per heavy atom. The molecule has 0 aliphatic rings. The molecule has 1 unspecified atom stereocenters. The summed E-state index contributed by atoms with van der Waals surface area (Å²) in [7, 11) is -2.94. The summed E-state index contributed by atoms with van der Waals surface area (Å²) in [5.74, 6) is 2.85. The van der Waals surface area contributed by atoms with Crippen molar-refractivity contribution in [2.75, 3.05) is 0 Å². The zero-order valence-electron chi connectivity index (χ0n) is 13.2. The maximum atomic E-state index is 13.1. The Morgan fingerprint density at radius 2 is 1.62 bits per heavy atom. The van der Waals surface area contributed by atoms with E-state index >= 15 is 0 Å². The van der Waals surface area contributed by atoms with E-state index in [2.05, 4.69) is 11.0 Å². The molecule has 3 aromatic rings. The average Bonchev–Trinajstić information content (AvgIpc) is 3.00. The van der Waals surface area contributed by atoms with Gasteiger partial charge in [-0.25, -0.2) is 13.3 Å². The predicted molar refractivity (Wildman–Crippen MR) is 91.7 cm³/mol. The van der Waals surface area contributed by atoms with Crippen molar-refractivity contribution >= 4 is 15.6 Å². The summed E-state index contributed by atoms with van der Waals surface area (Å²) in [5.41, 5.74) is -0.292. The molecule has 0 saturated carbocycles. The van der Waals surface area contributed by atoms with E-state index in [9.17, 15) is 21.8 Å². The van der Waals surface area contributed by atoms with E-state index in [1.54, 1.807) is 0 Å². The molecule has 0 amide bonds. The first kappa shape index (κ1) is 18.2. The first-order valence-electron chi connectivity index (χ1n) is 7.24. The third-order valence-electron chi connectivity index (χ3n) is 3.62. The van der Waals surface area contributed by atoms with Gasteiger partial charge >= 0.3 is 6.18 Å². The van der Waals surface area contributed by atoms with E-state index in [1.165, 1.54) is 36.4 Å². The lowest BCUT2D eigenvalue weighted by molar-refractivity contribution is -0.141. The van der Waals surface area contributed by atoms with Gasteiger partial charge in [-0.1, -0.05) is 0 Å². The van der Waals surface area contributed by atoms with Crippen LogP contribution in [0.25, 0.3) is 16.9 Å². The van der Waals surface area contributed by atoms with Crippen molar-refractivity contribution in [3.05, 3.63) is 66.1 Å². The number of hydrogen-bond donors (Lipinski definition) is 1. The lowest BCUT2D eigenvalue weighted by Gasteiger charge is -2.09. The first-order valence-corrected chi connectivity index (χ1v) is 9.03. The van der Waals surface area contributed by atoms with Crippen molar-refractivity contribution in [1.29, 1.82) is 0 Å². The first-order chi connectivity index (χ1) is 12.1. The molecule has 0 bridgehead atoms. The number of hydrogen-bond acceptors (Lipinski definition) is 2. The smallest absolute Gasteiger partial charge is 0.256 e. The Balaban J connectivity index is 2.16. The van der Waals surface area contributed by atoms with E-state index in [-0.39, 0.29) is 10.6 Å². The van der Waals surface area contributed by atoms with Gasteiger partial charge < -0.3 is 0 Å². The van der Waals surface area contributed by atoms with Gasteiger partial charge in [-0.3, -0.25) is 5.14 Å². The summed E-state index contributed by atoms with van der Waals surface area (Å²) in [5, 5.41) is 9.07. The second-order valence-corrected chi connectivity index (χ2v) is 7.48. The normalized spacial score (nSPS) is 14.2. The van der Waals surface area contributed by atoms with Gasteiger partial charge in [-0.05, 0) is 60.5 Å². The van der Waals surface area contributed by atoms with E-state index in [4.69, 9.17) is 5.14 Å². The van der Waals surface area contributed by atoms with Crippen molar-refractivity contribution < 1.29 is 21.8 Å². The van der Waals surface area contributed by atoms with Crippen molar-refractivity contribution in [2.24, 2.45) is 5.14 Å². The Bertz CT molecular complexity index is 1040. The van der Waals surface area contributed by atoms with Gasteiger partial charge in [-0.15, -0.1) is 0 Å². The van der Waals surface area contributed by atoms with Crippen LogP contribution in [0, 0.1) is 5.82 Å². The third kappa shape index (κ3) is 3.63. The summed E-state index contributed by atoms with van der Waals surface area (Å²) in [6.45, 7) is 0. The standard InChI is InChI=1S/C17H13F4N3OS/c1-26(22,25)14-8-6-13(7-9-14)24-15(10-16(23-24)17(19,20)21)11-2-4-12(18)5-3-11/h2-10H,1H2,(H2,22,25). The Labute approximate surface area is 147 Å². The molecule has 2 N–H and O–H groups in total. The van der Waals surface area contributed by atoms with Crippen molar-refractivity contribution in [2.45, 2.75) is 11.1 Å². The van der Waals surface area contributed by atoms with Crippen LogP contribution in [-0.2, 0) is 15.9 Å². The van der Waals surface area contributed by atoms with E-state index in [0.29, 0.717) is 11.3 Å². The van der Waals surface area contributed by atoms with Crippen LogP contribution in [0.15, 0.2) is 59.5 Å². The van der Waals surface area contributed by atoms with Crippen LogP contribution >= 0.6 is 0 Å². The third-order valence-corrected chi connectivity index (χ3v) is 4.69. The number of benzene rings is 2. The van der Waals surface area contributed by atoms with Crippen molar-refractivity contribution in [1.82, 2.24) is 9.78 Å². The monoisotopic (exact) mass is 383 g/mol. The largest absolute Gasteiger partial charge is 0.435 e. The average molecular weight is 383 g/mol. The van der Waals surface area contributed by atoms with Crippen LogP contribution in [0.5, 0.6) is 0 Å². The van der Waals surface area contributed by atoms with Crippen LogP contribution in [-0.4, -0.2) is 19.9 Å². The highest BCUT2D eigenvalue weighted by Gasteiger charge is 2.35. The molecule has 1 heterocycles. The molecule has 0 aliphatic carbocycles. The summed E-state index contributed by atoms with van der Waals surface area (Å²) < 4.78 is 65.3. The number of aromatic nitrogens is 2. The number of alkyl halides is 3. The minimum Gasteiger partial charge on any atom is -0.256 e. The topological polar surface area (TPSA) is 60.9 Å². The van der Waals surface area contributed by atoms with Gasteiger partial charge in [0.2, 0.25) is 0 Å². The molecule has 2 aromatic carbocycles. The molecule has 0 saturated heterocycles. The highest BCUT2D eigenvalue weighted by atomic mass is 32.2. The summed E-state index contributed by atoms with van der Waals surface area (Å²) in [6.07, 6.45) is -4.64. The molecule has 0 fully saturated rings. The van der Waals surface area contributed by atoms with Gasteiger partial charge in [0.25, 0.3) is 0 Å². The summed E-state index contributed by atoms with van der Waals surface area (Å²) in [4.78, 5) is 0.257. The lowest BCUT2D eigenvalue weighted by Crippen LogP contribution is -2.12. The fourth-order valence-electron chi connectivity index (χ4n) is 2.36. The van der Waals surface area contributed by atoms with Gasteiger partial charge in [0.1, 0.15) is 5.82 Å². The van der Waals surface area contributed by atoms with E-state index in [1.807, 2.05) is 0 Å². The van der Waals surface area contributed by atoms with E-state index in [0.717, 1.165) is 22.9 Å². The molecule has 26 heavy (non-hydrogen) atoms. The number of nitrogens with two attached hydrogens (primary N) is 1. The van der Waals surface area contributed by atoms with Crippen molar-refractivity contribution in [3.8, 4) is 16.9 Å². The molecule has 4 nitrogen and oxygen atoms in total. The molecule has 1 atom stereocenters. The number of halogens is 4. The maximum absolute atomic E-state index is 13.1. The minimum absolute atomic E-state index is 0.133. The van der Waals surface area contributed by atoms with Crippen LogP contribution in [0.1, 0.15) is 5.69 Å². The molecule has 0 aliphatic heterocycles. The molecule has 136 valence electrons. The summed E-state index contributed by atoms with van der Waals surface area (Å²) >= 11 is 0. The quantitative estimate of drug-likeness (QED) is 0.554. The van der Waals surface area contributed by atoms with E-state index < -0.39 is 27.4 Å². The fourth-order valence-corrected chi connectivity index (χ4v) is 2.96. The molecule has 1 aromatic heterocycles. The molecule has 0 radical (unpaired) electrons. The highest BCUT2D eigenvalue weighted by Crippen LogP contribution is 2.33. The van der Waals surface area contributed by atoms with Gasteiger partial charge in [0.05, 0.1) is 21.1 Å². The van der Waals surface area contributed by atoms with Gasteiger partial charge in [0, 0.05) is 10.5 Å². The van der Waals surface area contributed by atoms with Gasteiger partial charge in [-0.2, -0.15) is 18.3 Å². The van der Waals surface area contributed by atoms with Crippen LogP contribution in [0.3, 0.4) is 0 Å². The number of nitrogens with zero attached hydrogens (tertiary/aromatic N) is 2. The zero-order valence-corrected chi connectivity index (χ0v) is 14.0. The SMILES string of the molecule is C=S(N)(=O)c1ccc(-n2nc(C(F)(F)F)cc2-c2ccc(F)cc2)cc1. The number of rotatable bonds is 3. The van der Waals surface area contributed by atoms with Crippen molar-refractivity contribution in [3.63, 3.8) is 0 Å². The zero-order chi connectivity index (χ0) is 19.1. The van der Waals surface area contributed by atoms with Crippen LogP contribution < -0.4 is 5.14 Å². The minimum atomic E-state index is -4.64. The Kier molecular flexibility index (Phi) is 4.37. The second kappa shape index (κ2) is 6.26. The van der Waals surface area contributed by atoms with Gasteiger partial charge in [0.15, 0.2) is 5.69 Å². The molecular weight excluding hydrogens is 370 g/mol. The molecule has 0 spiro atoms. The lowest BCUT2D eigenvalue weighted by atomic mass is 10.1.